The van der Waals surface area contributed by atoms with Crippen molar-refractivity contribution in [2.75, 3.05) is 18.9 Å². The van der Waals surface area contributed by atoms with Gasteiger partial charge in [-0.3, -0.25) is 4.79 Å². The first-order valence-electron chi connectivity index (χ1n) is 11.6. The quantitative estimate of drug-likeness (QED) is 0.350. The van der Waals surface area contributed by atoms with Crippen molar-refractivity contribution in [1.29, 1.82) is 0 Å². The number of unbranched alkanes of at least 4 members (excludes halogenated alkanes) is 1. The topological polar surface area (TPSA) is 164 Å². The van der Waals surface area contributed by atoms with Crippen molar-refractivity contribution in [3.05, 3.63) is 12.7 Å². The number of alkyl carbamates (subject to hydrolysis) is 1. The fraction of sp³-hybridized carbons (Fsp3) is 0.682. The summed E-state index contributed by atoms with van der Waals surface area (Å²) in [5, 5.41) is 29.9. The predicted molar refractivity (Wildman–Crippen MR) is 125 cm³/mol. The first-order chi connectivity index (χ1) is 16.1. The van der Waals surface area contributed by atoms with Gasteiger partial charge >= 0.3 is 6.09 Å². The summed E-state index contributed by atoms with van der Waals surface area (Å²) >= 11 is 0. The largest absolute Gasteiger partial charge is 0.444 e. The molecule has 3 rings (SSSR count). The molecule has 2 aromatic heterocycles. The van der Waals surface area contributed by atoms with E-state index >= 15 is 0 Å². The van der Waals surface area contributed by atoms with Crippen LogP contribution in [0.15, 0.2) is 12.7 Å². The van der Waals surface area contributed by atoms with Crippen LogP contribution in [0.3, 0.4) is 0 Å². The Morgan fingerprint density at radius 2 is 1.91 bits per heavy atom. The van der Waals surface area contributed by atoms with E-state index in [2.05, 4.69) is 30.9 Å². The highest BCUT2D eigenvalue weighted by atomic mass is 16.6. The second-order valence-electron chi connectivity index (χ2n) is 9.48. The number of carbonyl (C=O) groups is 2. The zero-order chi connectivity index (χ0) is 24.9. The van der Waals surface area contributed by atoms with Gasteiger partial charge in [0.25, 0.3) is 0 Å². The molecule has 0 spiro atoms. The van der Waals surface area contributed by atoms with Gasteiger partial charge in [-0.1, -0.05) is 0 Å². The molecule has 2 amide bonds. The van der Waals surface area contributed by atoms with Gasteiger partial charge in [-0.2, -0.15) is 0 Å². The summed E-state index contributed by atoms with van der Waals surface area (Å²) in [5.41, 5.74) is 0.601. The Kier molecular flexibility index (Phi) is 8.26. The predicted octanol–water partition coefficient (Wildman–Crippen LogP) is 1.10. The molecule has 2 aromatic rings. The van der Waals surface area contributed by atoms with Crippen LogP contribution in [0.4, 0.5) is 10.6 Å². The van der Waals surface area contributed by atoms with Crippen molar-refractivity contribution < 1.29 is 24.5 Å². The lowest BCUT2D eigenvalue weighted by Gasteiger charge is -2.38. The van der Waals surface area contributed by atoms with Crippen molar-refractivity contribution in [2.24, 2.45) is 0 Å². The minimum Gasteiger partial charge on any atom is -0.444 e. The number of aliphatic hydroxyl groups is 2. The van der Waals surface area contributed by atoms with E-state index in [1.54, 1.807) is 38.7 Å². The van der Waals surface area contributed by atoms with Gasteiger partial charge in [0.2, 0.25) is 5.91 Å². The lowest BCUT2D eigenvalue weighted by Crippen LogP contribution is -2.54. The van der Waals surface area contributed by atoms with Crippen LogP contribution >= 0.6 is 0 Å². The number of ether oxygens (including phenoxy) is 1. The fourth-order valence-electron chi connectivity index (χ4n) is 4.09. The first-order valence-corrected chi connectivity index (χ1v) is 11.6. The molecule has 1 aliphatic rings. The van der Waals surface area contributed by atoms with Crippen molar-refractivity contribution in [3.63, 3.8) is 0 Å². The van der Waals surface area contributed by atoms with E-state index in [1.807, 2.05) is 0 Å². The number of nitrogens with zero attached hydrogens (tertiary/aromatic N) is 4. The molecule has 0 aromatic carbocycles. The Bertz CT molecular complexity index is 990. The highest BCUT2D eigenvalue weighted by molar-refractivity contribution is 5.82. The highest BCUT2D eigenvalue weighted by Gasteiger charge is 2.39. The Labute approximate surface area is 198 Å². The molecule has 1 fully saturated rings. The van der Waals surface area contributed by atoms with Gasteiger partial charge in [0.05, 0.1) is 18.4 Å². The van der Waals surface area contributed by atoms with Crippen LogP contribution in [-0.4, -0.2) is 79.2 Å². The third-order valence-corrected chi connectivity index (χ3v) is 5.73. The van der Waals surface area contributed by atoms with Crippen LogP contribution in [0.5, 0.6) is 0 Å². The Hall–Kier alpha value is -2.99. The van der Waals surface area contributed by atoms with Gasteiger partial charge in [-0.15, -0.1) is 0 Å². The van der Waals surface area contributed by atoms with Gasteiger partial charge < -0.3 is 35.5 Å². The fourth-order valence-corrected chi connectivity index (χ4v) is 4.09. The molecule has 0 aliphatic heterocycles. The minimum atomic E-state index is -1.13. The molecular weight excluding hydrogens is 442 g/mol. The van der Waals surface area contributed by atoms with E-state index in [9.17, 15) is 19.8 Å². The maximum absolute atomic E-state index is 12.3. The van der Waals surface area contributed by atoms with Crippen molar-refractivity contribution in [3.8, 4) is 0 Å². The third-order valence-electron chi connectivity index (χ3n) is 5.73. The normalized spacial score (nSPS) is 22.9. The van der Waals surface area contributed by atoms with Gasteiger partial charge in [0.1, 0.15) is 29.7 Å². The van der Waals surface area contributed by atoms with E-state index in [0.717, 1.165) is 0 Å². The zero-order valence-corrected chi connectivity index (χ0v) is 20.1. The molecule has 0 bridgehead atoms. The highest BCUT2D eigenvalue weighted by Crippen LogP contribution is 2.32. The average molecular weight is 478 g/mol. The van der Waals surface area contributed by atoms with Crippen LogP contribution in [0.2, 0.25) is 0 Å². The number of carbonyl (C=O) groups excluding carboxylic acids is 2. The number of amides is 2. The summed E-state index contributed by atoms with van der Waals surface area (Å²) in [7, 11) is 1.74. The van der Waals surface area contributed by atoms with Gasteiger partial charge in [0.15, 0.2) is 11.5 Å². The second kappa shape index (κ2) is 11.0. The SMILES string of the molecule is CNc1ncnc2c1ncn2[C@@H]1CC[C@@H](NC(=O)CCCCNC(=O)OC(C)(C)C)[C@@H](O)[C@@H]1O. The number of aliphatic hydroxyl groups excluding tert-OH is 2. The van der Waals surface area contributed by atoms with E-state index in [-0.39, 0.29) is 12.3 Å². The van der Waals surface area contributed by atoms with Gasteiger partial charge in [0, 0.05) is 20.0 Å². The maximum atomic E-state index is 12.3. The molecule has 12 nitrogen and oxygen atoms in total. The summed E-state index contributed by atoms with van der Waals surface area (Å²) in [4.78, 5) is 36.7. The Morgan fingerprint density at radius 3 is 2.62 bits per heavy atom. The lowest BCUT2D eigenvalue weighted by atomic mass is 9.85. The maximum Gasteiger partial charge on any atom is 0.407 e. The monoisotopic (exact) mass is 477 g/mol. The second-order valence-corrected chi connectivity index (χ2v) is 9.48. The van der Waals surface area contributed by atoms with Crippen LogP contribution in [0.1, 0.15) is 58.9 Å². The van der Waals surface area contributed by atoms with Crippen LogP contribution in [-0.2, 0) is 9.53 Å². The number of nitrogens with one attached hydrogen (secondary N) is 3. The van der Waals surface area contributed by atoms with E-state index in [4.69, 9.17) is 4.74 Å². The molecule has 0 radical (unpaired) electrons. The molecule has 1 saturated carbocycles. The van der Waals surface area contributed by atoms with Crippen LogP contribution < -0.4 is 16.0 Å². The zero-order valence-electron chi connectivity index (χ0n) is 20.1. The molecule has 2 heterocycles. The molecule has 5 N–H and O–H groups in total. The van der Waals surface area contributed by atoms with E-state index in [0.29, 0.717) is 49.2 Å². The van der Waals surface area contributed by atoms with Crippen molar-refractivity contribution in [2.45, 2.75) is 82.8 Å². The smallest absolute Gasteiger partial charge is 0.407 e. The molecule has 188 valence electrons. The number of hydrogen-bond donors (Lipinski definition) is 5. The van der Waals surface area contributed by atoms with Gasteiger partial charge in [-0.05, 0) is 46.5 Å². The Balaban J connectivity index is 1.46. The van der Waals surface area contributed by atoms with E-state index < -0.39 is 36.0 Å². The molecule has 0 saturated heterocycles. The summed E-state index contributed by atoms with van der Waals surface area (Å²) in [6.07, 6.45) is 2.79. The summed E-state index contributed by atoms with van der Waals surface area (Å²) in [6, 6.07) is -0.970. The summed E-state index contributed by atoms with van der Waals surface area (Å²) in [6.45, 7) is 5.79. The number of fused-ring (bicyclic) bond motifs is 1. The molecule has 1 aliphatic carbocycles. The van der Waals surface area contributed by atoms with Crippen molar-refractivity contribution >= 4 is 29.0 Å². The number of anilines is 1. The number of hydrogen-bond acceptors (Lipinski definition) is 9. The standard InChI is InChI=1S/C22H35N7O5/c1-22(2,3)34-21(33)24-10-6-5-7-15(30)28-13-8-9-14(18(32)17(13)31)29-12-27-16-19(23-4)25-11-26-20(16)29/h11-14,17-18,31-32H,5-10H2,1-4H3,(H,24,33)(H,28,30)(H,23,25,26)/t13-,14-,17-,18-/m1/s1. The van der Waals surface area contributed by atoms with Crippen LogP contribution in [0.25, 0.3) is 11.2 Å². The van der Waals surface area contributed by atoms with Crippen LogP contribution in [0, 0.1) is 0 Å². The minimum absolute atomic E-state index is 0.202. The molecule has 34 heavy (non-hydrogen) atoms. The molecule has 4 atom stereocenters. The summed E-state index contributed by atoms with van der Waals surface area (Å²) < 4.78 is 6.91. The lowest BCUT2D eigenvalue weighted by molar-refractivity contribution is -0.125. The Morgan fingerprint density at radius 1 is 1.15 bits per heavy atom. The molecule has 0 unspecified atom stereocenters. The number of imidazole rings is 1. The third kappa shape index (κ3) is 6.32. The number of aromatic nitrogens is 4. The average Bonchev–Trinajstić information content (AvgIpc) is 3.19. The first kappa shape index (κ1) is 25.6. The number of rotatable bonds is 8. The summed E-state index contributed by atoms with van der Waals surface area (Å²) in [5.74, 6) is 0.382. The van der Waals surface area contributed by atoms with Gasteiger partial charge in [-0.25, -0.2) is 19.7 Å². The molecule has 12 heteroatoms. The molecular formula is C22H35N7O5. The van der Waals surface area contributed by atoms with Crippen molar-refractivity contribution in [1.82, 2.24) is 30.2 Å². The van der Waals surface area contributed by atoms with E-state index in [1.165, 1.54) is 6.33 Å².